The van der Waals surface area contributed by atoms with Gasteiger partial charge in [0.15, 0.2) is 0 Å². The smallest absolute Gasteiger partial charge is 0.437 e. The highest BCUT2D eigenvalue weighted by molar-refractivity contribution is 5.65. The number of benzene rings is 1. The van der Waals surface area contributed by atoms with Crippen molar-refractivity contribution in [2.75, 3.05) is 13.7 Å². The molecule has 1 atom stereocenters. The normalized spacial score (nSPS) is 15.7. The molecule has 1 unspecified atom stereocenters. The number of hydrogen-bond acceptors (Lipinski definition) is 7. The summed E-state index contributed by atoms with van der Waals surface area (Å²) in [7, 11) is 1.08. The first-order chi connectivity index (χ1) is 18.1. The predicted molar refractivity (Wildman–Crippen MR) is 136 cm³/mol. The van der Waals surface area contributed by atoms with E-state index in [4.69, 9.17) is 14.2 Å². The summed E-state index contributed by atoms with van der Waals surface area (Å²) in [6.07, 6.45) is 2.97. The molecule has 0 saturated heterocycles. The first-order valence-electron chi connectivity index (χ1n) is 13.0. The number of allylic oxidation sites excluding steroid dienone is 2. The van der Waals surface area contributed by atoms with E-state index in [1.807, 2.05) is 0 Å². The van der Waals surface area contributed by atoms with E-state index in [1.165, 1.54) is 57.2 Å². The van der Waals surface area contributed by atoms with Crippen LogP contribution in [0.5, 0.6) is 0 Å². The molecular formula is C28H38F3NO6. The minimum absolute atomic E-state index is 0.124. The molecule has 0 amide bonds. The van der Waals surface area contributed by atoms with Crippen LogP contribution in [0.15, 0.2) is 47.2 Å². The molecule has 212 valence electrons. The third-order valence-electron chi connectivity index (χ3n) is 6.24. The molecule has 1 aliphatic rings. The lowest BCUT2D eigenvalue weighted by Gasteiger charge is -2.31. The van der Waals surface area contributed by atoms with Gasteiger partial charge in [-0.15, -0.1) is 0 Å². The van der Waals surface area contributed by atoms with Crippen molar-refractivity contribution < 1.29 is 41.7 Å². The van der Waals surface area contributed by atoms with Crippen LogP contribution >= 0.6 is 0 Å². The summed E-state index contributed by atoms with van der Waals surface area (Å²) in [5.41, 5.74) is -0.657. The fourth-order valence-electron chi connectivity index (χ4n) is 4.34. The van der Waals surface area contributed by atoms with Gasteiger partial charge in [0, 0.05) is 0 Å². The molecule has 0 radical (unpaired) electrons. The fraction of sp³-hybridized carbons (Fsp3) is 0.571. The number of rotatable bonds is 13. The lowest BCUT2D eigenvalue weighted by atomic mass is 9.87. The van der Waals surface area contributed by atoms with Crippen molar-refractivity contribution in [3.63, 3.8) is 0 Å². The molecule has 7 nitrogen and oxygen atoms in total. The molecule has 1 heterocycles. The van der Waals surface area contributed by atoms with Gasteiger partial charge in [0.1, 0.15) is 17.4 Å². The van der Waals surface area contributed by atoms with Crippen molar-refractivity contribution in [2.45, 2.75) is 90.7 Å². The summed E-state index contributed by atoms with van der Waals surface area (Å²) in [5, 5.41) is 2.89. The van der Waals surface area contributed by atoms with Crippen molar-refractivity contribution in [3.05, 3.63) is 58.3 Å². The number of carbonyl (C=O) groups is 2. The highest BCUT2D eigenvalue weighted by Crippen LogP contribution is 2.44. The molecule has 0 aliphatic carbocycles. The number of ether oxygens (including phenoxy) is 4. The van der Waals surface area contributed by atoms with Crippen LogP contribution in [0.3, 0.4) is 0 Å². The number of carbonyl (C=O) groups excluding carboxylic acids is 2. The molecule has 0 aromatic heterocycles. The van der Waals surface area contributed by atoms with Crippen LogP contribution in [0, 0.1) is 0 Å². The minimum Gasteiger partial charge on any atom is -0.437 e. The van der Waals surface area contributed by atoms with Crippen LogP contribution in [0.2, 0.25) is 0 Å². The van der Waals surface area contributed by atoms with Gasteiger partial charge in [0.25, 0.3) is 0 Å². The Morgan fingerprint density at radius 3 is 1.92 bits per heavy atom. The summed E-state index contributed by atoms with van der Waals surface area (Å²) < 4.78 is 62.1. The van der Waals surface area contributed by atoms with Gasteiger partial charge in [-0.3, -0.25) is 0 Å². The molecule has 38 heavy (non-hydrogen) atoms. The highest BCUT2D eigenvalue weighted by atomic mass is 19.4. The van der Waals surface area contributed by atoms with Crippen LogP contribution < -0.4 is 5.32 Å². The molecule has 1 aromatic carbocycles. The van der Waals surface area contributed by atoms with Crippen LogP contribution in [0.4, 0.5) is 22.8 Å². The van der Waals surface area contributed by atoms with E-state index in [1.54, 1.807) is 6.92 Å². The first kappa shape index (κ1) is 31.1. The van der Waals surface area contributed by atoms with Gasteiger partial charge in [0.2, 0.25) is 0 Å². The quantitative estimate of drug-likeness (QED) is 0.199. The van der Waals surface area contributed by atoms with Crippen molar-refractivity contribution in [1.29, 1.82) is 0 Å². The van der Waals surface area contributed by atoms with Crippen molar-refractivity contribution >= 4 is 12.3 Å². The molecule has 1 aliphatic heterocycles. The van der Waals surface area contributed by atoms with E-state index < -0.39 is 30.0 Å². The Morgan fingerprint density at radius 1 is 0.842 bits per heavy atom. The number of halogens is 3. The van der Waals surface area contributed by atoms with Gasteiger partial charge in [-0.25, -0.2) is 9.59 Å². The van der Waals surface area contributed by atoms with E-state index in [0.717, 1.165) is 32.4 Å². The fourth-order valence-corrected chi connectivity index (χ4v) is 4.34. The summed E-state index contributed by atoms with van der Waals surface area (Å²) in [6.45, 7) is 5.38. The number of methoxy groups -OCH3 is 1. The van der Waals surface area contributed by atoms with Crippen LogP contribution in [0.1, 0.15) is 95.6 Å². The summed E-state index contributed by atoms with van der Waals surface area (Å²) in [4.78, 5) is 24.5. The number of alkyl halides is 3. The Balaban J connectivity index is 2.12. The lowest BCUT2D eigenvalue weighted by Crippen LogP contribution is -2.30. The number of unbranched alkanes of at least 4 members (excludes halogenated alkanes) is 8. The maximum Gasteiger partial charge on any atom is 0.513 e. The van der Waals surface area contributed by atoms with Gasteiger partial charge in [-0.05, 0) is 31.9 Å². The standard InChI is InChI=1S/C28H38F3NO6/c1-5-6-7-8-9-10-11-12-15-18-36-27(34)38-25-20(3)32-19(2)24(37-26(33)35-4)23(25)21-16-13-14-17-22(21)28(29,30)31/h13-14,16-17,23,32H,5-12,15,18H2,1-4H3. The third-order valence-corrected chi connectivity index (χ3v) is 6.24. The zero-order chi connectivity index (χ0) is 28.1. The molecule has 0 spiro atoms. The van der Waals surface area contributed by atoms with Crippen molar-refractivity contribution in [1.82, 2.24) is 5.32 Å². The summed E-state index contributed by atoms with van der Waals surface area (Å²) in [5.74, 6) is -1.70. The van der Waals surface area contributed by atoms with Gasteiger partial charge in [0.05, 0.1) is 30.7 Å². The Morgan fingerprint density at radius 2 is 1.37 bits per heavy atom. The predicted octanol–water partition coefficient (Wildman–Crippen LogP) is 8.32. The minimum atomic E-state index is -4.71. The maximum atomic E-state index is 13.9. The zero-order valence-electron chi connectivity index (χ0n) is 22.5. The van der Waals surface area contributed by atoms with E-state index >= 15 is 0 Å². The van der Waals surface area contributed by atoms with E-state index in [0.29, 0.717) is 6.42 Å². The topological polar surface area (TPSA) is 83.1 Å². The van der Waals surface area contributed by atoms with Gasteiger partial charge in [-0.2, -0.15) is 13.2 Å². The largest absolute Gasteiger partial charge is 0.513 e. The molecular weight excluding hydrogens is 503 g/mol. The van der Waals surface area contributed by atoms with Crippen LogP contribution in [0.25, 0.3) is 0 Å². The van der Waals surface area contributed by atoms with E-state index in [-0.39, 0.29) is 35.1 Å². The van der Waals surface area contributed by atoms with Crippen molar-refractivity contribution in [2.24, 2.45) is 0 Å². The average molecular weight is 542 g/mol. The third kappa shape index (κ3) is 9.29. The molecule has 1 N–H and O–H groups in total. The van der Waals surface area contributed by atoms with Gasteiger partial charge >= 0.3 is 18.5 Å². The highest BCUT2D eigenvalue weighted by Gasteiger charge is 2.42. The Labute approximate surface area is 222 Å². The second-order valence-corrected chi connectivity index (χ2v) is 9.21. The zero-order valence-corrected chi connectivity index (χ0v) is 22.5. The van der Waals surface area contributed by atoms with Gasteiger partial charge < -0.3 is 24.3 Å². The molecule has 0 fully saturated rings. The van der Waals surface area contributed by atoms with Crippen LogP contribution in [-0.2, 0) is 25.1 Å². The molecule has 0 saturated carbocycles. The Kier molecular flexibility index (Phi) is 12.5. The number of hydrogen-bond donors (Lipinski definition) is 1. The van der Waals surface area contributed by atoms with Crippen LogP contribution in [-0.4, -0.2) is 26.0 Å². The van der Waals surface area contributed by atoms with Gasteiger partial charge in [-0.1, -0.05) is 76.5 Å². The monoisotopic (exact) mass is 541 g/mol. The Bertz CT molecular complexity index is 1000. The first-order valence-corrected chi connectivity index (χ1v) is 13.0. The van der Waals surface area contributed by atoms with E-state index in [2.05, 4.69) is 17.0 Å². The maximum absolute atomic E-state index is 13.9. The number of dihydropyridines is 1. The average Bonchev–Trinajstić information content (AvgIpc) is 2.87. The second kappa shape index (κ2) is 15.3. The molecule has 10 heteroatoms. The Hall–Kier alpha value is -3.17. The second-order valence-electron chi connectivity index (χ2n) is 9.21. The van der Waals surface area contributed by atoms with Crippen molar-refractivity contribution in [3.8, 4) is 0 Å². The molecule has 2 rings (SSSR count). The lowest BCUT2D eigenvalue weighted by molar-refractivity contribution is -0.138. The number of nitrogens with one attached hydrogen (secondary N) is 1. The summed E-state index contributed by atoms with van der Waals surface area (Å²) in [6, 6.07) is 4.84. The SMILES string of the molecule is CCCCCCCCCCCOC(=O)OC1=C(C)NC(C)=C(OC(=O)OC)C1c1ccccc1C(F)(F)F. The molecule has 1 aromatic rings. The summed E-state index contributed by atoms with van der Waals surface area (Å²) >= 11 is 0. The molecule has 0 bridgehead atoms. The van der Waals surface area contributed by atoms with E-state index in [9.17, 15) is 22.8 Å².